The van der Waals surface area contributed by atoms with E-state index in [-0.39, 0.29) is 11.7 Å². The molecule has 3 aromatic rings. The van der Waals surface area contributed by atoms with Gasteiger partial charge in [-0.2, -0.15) is 0 Å². The van der Waals surface area contributed by atoms with Gasteiger partial charge in [-0.15, -0.1) is 10.2 Å². The Morgan fingerprint density at radius 2 is 1.90 bits per heavy atom. The van der Waals surface area contributed by atoms with Crippen molar-refractivity contribution in [1.29, 1.82) is 0 Å². The largest absolute Gasteiger partial charge is 0.493 e. The summed E-state index contributed by atoms with van der Waals surface area (Å²) in [7, 11) is 3.14. The lowest BCUT2D eigenvalue weighted by Gasteiger charge is -2.07. The second kappa shape index (κ2) is 9.97. The summed E-state index contributed by atoms with van der Waals surface area (Å²) in [6.07, 6.45) is 0.799. The van der Waals surface area contributed by atoms with Crippen LogP contribution in [0.5, 0.6) is 11.5 Å². The van der Waals surface area contributed by atoms with Crippen LogP contribution in [0.3, 0.4) is 0 Å². The van der Waals surface area contributed by atoms with Crippen LogP contribution >= 0.6 is 11.8 Å². The van der Waals surface area contributed by atoms with Crippen LogP contribution in [0.25, 0.3) is 11.5 Å². The van der Waals surface area contributed by atoms with Crippen LogP contribution in [0.15, 0.2) is 52.1 Å². The van der Waals surface area contributed by atoms with Gasteiger partial charge < -0.3 is 19.2 Å². The molecule has 0 saturated carbocycles. The van der Waals surface area contributed by atoms with Crippen LogP contribution in [0.2, 0.25) is 0 Å². The second-order valence-corrected chi connectivity index (χ2v) is 7.18. The zero-order valence-electron chi connectivity index (χ0n) is 16.6. The number of aromatic nitrogens is 2. The molecule has 1 N–H and O–H groups in total. The van der Waals surface area contributed by atoms with Crippen molar-refractivity contribution in [3.8, 4) is 23.0 Å². The zero-order chi connectivity index (χ0) is 20.6. The quantitative estimate of drug-likeness (QED) is 0.537. The fourth-order valence-electron chi connectivity index (χ4n) is 2.76. The predicted octanol–water partition coefficient (Wildman–Crippen LogP) is 3.51. The van der Waals surface area contributed by atoms with Crippen molar-refractivity contribution in [2.24, 2.45) is 0 Å². The van der Waals surface area contributed by atoms with E-state index in [1.165, 1.54) is 22.9 Å². The molecule has 1 amide bonds. The molecular weight excluding hydrogens is 390 g/mol. The van der Waals surface area contributed by atoms with E-state index in [1.54, 1.807) is 26.4 Å². The van der Waals surface area contributed by atoms with Crippen LogP contribution < -0.4 is 14.8 Å². The van der Waals surface area contributed by atoms with Gasteiger partial charge >= 0.3 is 0 Å². The third kappa shape index (κ3) is 5.51. The lowest BCUT2D eigenvalue weighted by atomic mass is 10.1. The van der Waals surface area contributed by atoms with E-state index in [2.05, 4.69) is 34.6 Å². The Bertz CT molecular complexity index is 974. The molecule has 2 aromatic carbocycles. The molecular formula is C21H23N3O4S. The number of thioether (sulfide) groups is 1. The summed E-state index contributed by atoms with van der Waals surface area (Å²) in [5.74, 6) is 1.68. The Balaban J connectivity index is 1.50. The molecule has 3 rings (SSSR count). The van der Waals surface area contributed by atoms with Crippen molar-refractivity contribution >= 4 is 17.7 Å². The van der Waals surface area contributed by atoms with E-state index < -0.39 is 0 Å². The number of aryl methyl sites for hydroxylation is 1. The van der Waals surface area contributed by atoms with Gasteiger partial charge in [-0.25, -0.2) is 0 Å². The number of hydrogen-bond donors (Lipinski definition) is 1. The molecule has 0 aliphatic heterocycles. The maximum atomic E-state index is 12.1. The number of benzene rings is 2. The van der Waals surface area contributed by atoms with E-state index in [0.29, 0.717) is 34.7 Å². The number of nitrogens with one attached hydrogen (secondary N) is 1. The highest BCUT2D eigenvalue weighted by Crippen LogP contribution is 2.32. The minimum Gasteiger partial charge on any atom is -0.493 e. The molecule has 0 atom stereocenters. The molecule has 0 aliphatic carbocycles. The molecule has 0 bridgehead atoms. The summed E-state index contributed by atoms with van der Waals surface area (Å²) in [5.41, 5.74) is 3.17. The van der Waals surface area contributed by atoms with Gasteiger partial charge in [0.05, 0.1) is 20.0 Å². The first kappa shape index (κ1) is 20.7. The number of nitrogens with zero attached hydrogens (tertiary/aromatic N) is 2. The van der Waals surface area contributed by atoms with Crippen molar-refractivity contribution in [3.05, 3.63) is 53.6 Å². The Hall–Kier alpha value is -3.00. The molecule has 0 fully saturated rings. The van der Waals surface area contributed by atoms with Crippen molar-refractivity contribution in [1.82, 2.24) is 15.5 Å². The fraction of sp³-hybridized carbons (Fsp3) is 0.286. The molecule has 0 aliphatic rings. The normalized spacial score (nSPS) is 10.6. The molecule has 7 nitrogen and oxygen atoms in total. The van der Waals surface area contributed by atoms with Crippen molar-refractivity contribution < 1.29 is 18.7 Å². The Kier molecular flexibility index (Phi) is 7.13. The molecule has 8 heteroatoms. The first-order chi connectivity index (χ1) is 14.1. The minimum absolute atomic E-state index is 0.0746. The average molecular weight is 413 g/mol. The molecule has 0 radical (unpaired) electrons. The summed E-state index contributed by atoms with van der Waals surface area (Å²) >= 11 is 1.20. The number of rotatable bonds is 9. The molecule has 1 heterocycles. The number of amides is 1. The van der Waals surface area contributed by atoms with E-state index in [4.69, 9.17) is 13.9 Å². The highest BCUT2D eigenvalue weighted by molar-refractivity contribution is 7.99. The van der Waals surface area contributed by atoms with Gasteiger partial charge in [0.1, 0.15) is 0 Å². The van der Waals surface area contributed by atoms with Crippen molar-refractivity contribution in [2.45, 2.75) is 18.6 Å². The summed E-state index contributed by atoms with van der Waals surface area (Å²) in [6.45, 7) is 2.66. The molecule has 1 aromatic heterocycles. The van der Waals surface area contributed by atoms with E-state index in [1.807, 2.05) is 18.2 Å². The molecule has 0 unspecified atom stereocenters. The topological polar surface area (TPSA) is 86.5 Å². The monoisotopic (exact) mass is 413 g/mol. The highest BCUT2D eigenvalue weighted by Gasteiger charge is 2.13. The van der Waals surface area contributed by atoms with Crippen LogP contribution in [-0.2, 0) is 11.2 Å². The van der Waals surface area contributed by atoms with Crippen LogP contribution in [0.1, 0.15) is 11.1 Å². The summed E-state index contributed by atoms with van der Waals surface area (Å²) < 4.78 is 16.2. The minimum atomic E-state index is -0.0746. The molecule has 152 valence electrons. The van der Waals surface area contributed by atoms with Crippen LogP contribution in [-0.4, -0.2) is 42.6 Å². The maximum Gasteiger partial charge on any atom is 0.277 e. The summed E-state index contributed by atoms with van der Waals surface area (Å²) in [6, 6.07) is 13.5. The first-order valence-corrected chi connectivity index (χ1v) is 10.1. The molecule has 0 spiro atoms. The Morgan fingerprint density at radius 3 is 2.66 bits per heavy atom. The Morgan fingerprint density at radius 1 is 1.10 bits per heavy atom. The van der Waals surface area contributed by atoms with Gasteiger partial charge in [0.2, 0.25) is 11.8 Å². The van der Waals surface area contributed by atoms with E-state index >= 15 is 0 Å². The predicted molar refractivity (Wildman–Crippen MR) is 111 cm³/mol. The van der Waals surface area contributed by atoms with E-state index in [9.17, 15) is 4.79 Å². The number of carbonyl (C=O) groups is 1. The van der Waals surface area contributed by atoms with E-state index in [0.717, 1.165) is 6.42 Å². The van der Waals surface area contributed by atoms with Crippen LogP contribution in [0, 0.1) is 6.92 Å². The van der Waals surface area contributed by atoms with Gasteiger partial charge in [0.25, 0.3) is 5.22 Å². The standard InChI is InChI=1S/C21H23N3O4S/c1-14-6-4-5-7-15(14)10-11-22-19(25)13-29-21-24-23-20(28-21)16-8-9-17(26-2)18(12-16)27-3/h4-9,12H,10-11,13H2,1-3H3,(H,22,25). The van der Waals surface area contributed by atoms with Crippen molar-refractivity contribution in [2.75, 3.05) is 26.5 Å². The number of hydrogen-bond acceptors (Lipinski definition) is 7. The first-order valence-electron chi connectivity index (χ1n) is 9.10. The van der Waals surface area contributed by atoms with Gasteiger partial charge in [-0.1, -0.05) is 36.0 Å². The third-order valence-electron chi connectivity index (χ3n) is 4.34. The van der Waals surface area contributed by atoms with Crippen LogP contribution in [0.4, 0.5) is 0 Å². The third-order valence-corrected chi connectivity index (χ3v) is 5.16. The second-order valence-electron chi connectivity index (χ2n) is 6.26. The lowest BCUT2D eigenvalue weighted by molar-refractivity contribution is -0.118. The van der Waals surface area contributed by atoms with Gasteiger partial charge in [0, 0.05) is 12.1 Å². The van der Waals surface area contributed by atoms with Gasteiger partial charge in [-0.3, -0.25) is 4.79 Å². The maximum absolute atomic E-state index is 12.1. The Labute approximate surface area is 173 Å². The van der Waals surface area contributed by atoms with Gasteiger partial charge in [-0.05, 0) is 42.7 Å². The number of methoxy groups -OCH3 is 2. The highest BCUT2D eigenvalue weighted by atomic mass is 32.2. The fourth-order valence-corrected chi connectivity index (χ4v) is 3.35. The summed E-state index contributed by atoms with van der Waals surface area (Å²) in [4.78, 5) is 12.1. The zero-order valence-corrected chi connectivity index (χ0v) is 17.4. The lowest BCUT2D eigenvalue weighted by Crippen LogP contribution is -2.27. The smallest absolute Gasteiger partial charge is 0.277 e. The number of ether oxygens (including phenoxy) is 2. The molecule has 0 saturated heterocycles. The SMILES string of the molecule is COc1ccc(-c2nnc(SCC(=O)NCCc3ccccc3C)o2)cc1OC. The number of carbonyl (C=O) groups excluding carboxylic acids is 1. The van der Waals surface area contributed by atoms with Gasteiger partial charge in [0.15, 0.2) is 11.5 Å². The van der Waals surface area contributed by atoms with Crippen molar-refractivity contribution in [3.63, 3.8) is 0 Å². The molecule has 29 heavy (non-hydrogen) atoms. The summed E-state index contributed by atoms with van der Waals surface area (Å²) in [5, 5.41) is 11.3. The average Bonchev–Trinajstić information content (AvgIpc) is 3.22.